The first kappa shape index (κ1) is 10.4. The fourth-order valence-electron chi connectivity index (χ4n) is 1.57. The van der Waals surface area contributed by atoms with Crippen LogP contribution in [0.5, 0.6) is 0 Å². The SMILES string of the molecule is Cc1ccc(-n2[nH]c(C)c(C=O)c2=O)cc1. The van der Waals surface area contributed by atoms with Crippen LogP contribution in [0.4, 0.5) is 0 Å². The molecule has 0 amide bonds. The van der Waals surface area contributed by atoms with Crippen molar-refractivity contribution in [2.75, 3.05) is 0 Å². The molecule has 4 nitrogen and oxygen atoms in total. The summed E-state index contributed by atoms with van der Waals surface area (Å²) in [4.78, 5) is 22.5. The Kier molecular flexibility index (Phi) is 2.48. The third-order valence-electron chi connectivity index (χ3n) is 2.53. The fraction of sp³-hybridized carbons (Fsp3) is 0.167. The predicted molar refractivity (Wildman–Crippen MR) is 61.3 cm³/mol. The summed E-state index contributed by atoms with van der Waals surface area (Å²) in [6.07, 6.45) is 0.582. The van der Waals surface area contributed by atoms with Gasteiger partial charge >= 0.3 is 0 Å². The van der Waals surface area contributed by atoms with Crippen LogP contribution in [0.25, 0.3) is 5.69 Å². The summed E-state index contributed by atoms with van der Waals surface area (Å²) in [5.41, 5.74) is 2.31. The summed E-state index contributed by atoms with van der Waals surface area (Å²) in [5.74, 6) is 0. The van der Waals surface area contributed by atoms with Gasteiger partial charge in [-0.25, -0.2) is 4.68 Å². The highest BCUT2D eigenvalue weighted by atomic mass is 16.1. The summed E-state index contributed by atoms with van der Waals surface area (Å²) < 4.78 is 1.37. The van der Waals surface area contributed by atoms with Crippen LogP contribution in [0.1, 0.15) is 21.6 Å². The molecule has 0 spiro atoms. The number of nitrogens with one attached hydrogen (secondary N) is 1. The topological polar surface area (TPSA) is 54.9 Å². The van der Waals surface area contributed by atoms with Crippen LogP contribution in [0, 0.1) is 13.8 Å². The van der Waals surface area contributed by atoms with Crippen molar-refractivity contribution in [3.63, 3.8) is 0 Å². The number of aldehydes is 1. The van der Waals surface area contributed by atoms with Gasteiger partial charge in [-0.3, -0.25) is 14.7 Å². The summed E-state index contributed by atoms with van der Waals surface area (Å²) in [6, 6.07) is 7.50. The molecule has 0 saturated heterocycles. The second-order valence-electron chi connectivity index (χ2n) is 3.74. The van der Waals surface area contributed by atoms with Crippen molar-refractivity contribution >= 4 is 6.29 Å². The molecule has 0 fully saturated rings. The van der Waals surface area contributed by atoms with Crippen LogP contribution in [0.15, 0.2) is 29.1 Å². The zero-order chi connectivity index (χ0) is 11.7. The first-order chi connectivity index (χ1) is 7.63. The van der Waals surface area contributed by atoms with Gasteiger partial charge in [0, 0.05) is 5.69 Å². The highest BCUT2D eigenvalue weighted by Gasteiger charge is 2.10. The van der Waals surface area contributed by atoms with E-state index in [4.69, 9.17) is 0 Å². The van der Waals surface area contributed by atoms with Gasteiger partial charge in [0.2, 0.25) is 0 Å². The molecule has 16 heavy (non-hydrogen) atoms. The molecule has 1 N–H and O–H groups in total. The van der Waals surface area contributed by atoms with Gasteiger partial charge in [0.15, 0.2) is 6.29 Å². The minimum Gasteiger partial charge on any atom is -0.298 e. The van der Waals surface area contributed by atoms with Crippen molar-refractivity contribution in [3.8, 4) is 5.69 Å². The molecule has 2 aromatic rings. The van der Waals surface area contributed by atoms with E-state index < -0.39 is 0 Å². The molecular formula is C12H12N2O2. The molecule has 82 valence electrons. The zero-order valence-corrected chi connectivity index (χ0v) is 9.15. The van der Waals surface area contributed by atoms with Crippen LogP contribution < -0.4 is 5.56 Å². The van der Waals surface area contributed by atoms with Crippen molar-refractivity contribution in [1.29, 1.82) is 0 Å². The van der Waals surface area contributed by atoms with Gasteiger partial charge in [-0.1, -0.05) is 17.7 Å². The normalized spacial score (nSPS) is 10.4. The number of rotatable bonds is 2. The summed E-state index contributed by atoms with van der Waals surface area (Å²) in [5, 5.41) is 2.87. The molecule has 0 bridgehead atoms. The lowest BCUT2D eigenvalue weighted by Gasteiger charge is -2.01. The number of aromatic amines is 1. The van der Waals surface area contributed by atoms with E-state index >= 15 is 0 Å². The Labute approximate surface area is 92.5 Å². The van der Waals surface area contributed by atoms with Gasteiger partial charge < -0.3 is 0 Å². The van der Waals surface area contributed by atoms with Crippen LogP contribution in [-0.2, 0) is 0 Å². The smallest absolute Gasteiger partial charge is 0.282 e. The third-order valence-corrected chi connectivity index (χ3v) is 2.53. The minimum atomic E-state index is -0.309. The molecule has 0 aliphatic heterocycles. The summed E-state index contributed by atoms with van der Waals surface area (Å²) >= 11 is 0. The van der Waals surface area contributed by atoms with E-state index in [1.54, 1.807) is 6.92 Å². The molecule has 1 heterocycles. The summed E-state index contributed by atoms with van der Waals surface area (Å²) in [7, 11) is 0. The molecule has 0 unspecified atom stereocenters. The van der Waals surface area contributed by atoms with E-state index in [0.717, 1.165) is 11.3 Å². The maximum Gasteiger partial charge on any atom is 0.282 e. The number of benzene rings is 1. The Balaban J connectivity index is 2.61. The lowest BCUT2D eigenvalue weighted by Crippen LogP contribution is -2.16. The van der Waals surface area contributed by atoms with E-state index in [1.807, 2.05) is 31.2 Å². The van der Waals surface area contributed by atoms with E-state index in [1.165, 1.54) is 4.68 Å². The van der Waals surface area contributed by atoms with Crippen LogP contribution in [-0.4, -0.2) is 16.1 Å². The monoisotopic (exact) mass is 216 g/mol. The van der Waals surface area contributed by atoms with Crippen LogP contribution in [0.2, 0.25) is 0 Å². The van der Waals surface area contributed by atoms with Crippen LogP contribution >= 0.6 is 0 Å². The number of aryl methyl sites for hydroxylation is 2. The predicted octanol–water partition coefficient (Wildman–Crippen LogP) is 1.59. The Morgan fingerprint density at radius 3 is 2.31 bits per heavy atom. The number of carbonyl (C=O) groups excluding carboxylic acids is 1. The van der Waals surface area contributed by atoms with Gasteiger partial charge in [0.25, 0.3) is 5.56 Å². The Hall–Kier alpha value is -2.10. The second-order valence-corrected chi connectivity index (χ2v) is 3.74. The molecule has 0 aliphatic rings. The fourth-order valence-corrected chi connectivity index (χ4v) is 1.57. The standard InChI is InChI=1S/C12H12N2O2/c1-8-3-5-10(6-4-8)14-12(16)11(7-15)9(2)13-14/h3-7,13H,1-2H3. The van der Waals surface area contributed by atoms with E-state index in [0.29, 0.717) is 12.0 Å². The van der Waals surface area contributed by atoms with E-state index in [9.17, 15) is 9.59 Å². The highest BCUT2D eigenvalue weighted by Crippen LogP contribution is 2.07. The first-order valence-corrected chi connectivity index (χ1v) is 4.97. The largest absolute Gasteiger partial charge is 0.298 e. The molecular weight excluding hydrogens is 204 g/mol. The number of hydrogen-bond donors (Lipinski definition) is 1. The van der Waals surface area contributed by atoms with Crippen molar-refractivity contribution in [1.82, 2.24) is 9.78 Å². The molecule has 1 aromatic heterocycles. The number of aromatic nitrogens is 2. The average Bonchev–Trinajstić information content (AvgIpc) is 2.55. The van der Waals surface area contributed by atoms with Crippen molar-refractivity contribution in [2.24, 2.45) is 0 Å². The van der Waals surface area contributed by atoms with Gasteiger partial charge in [-0.05, 0) is 26.0 Å². The lowest BCUT2D eigenvalue weighted by molar-refractivity contribution is 0.112. The highest BCUT2D eigenvalue weighted by molar-refractivity contribution is 5.75. The average molecular weight is 216 g/mol. The van der Waals surface area contributed by atoms with Gasteiger partial charge in [-0.15, -0.1) is 0 Å². The van der Waals surface area contributed by atoms with Gasteiger partial charge in [0.1, 0.15) is 5.56 Å². The maximum atomic E-state index is 11.8. The van der Waals surface area contributed by atoms with Gasteiger partial charge in [-0.2, -0.15) is 0 Å². The Bertz CT molecular complexity index is 576. The summed E-state index contributed by atoms with van der Waals surface area (Å²) in [6.45, 7) is 3.68. The van der Waals surface area contributed by atoms with Gasteiger partial charge in [0.05, 0.1) is 5.69 Å². The molecule has 0 atom stereocenters. The van der Waals surface area contributed by atoms with Crippen molar-refractivity contribution < 1.29 is 4.79 Å². The third kappa shape index (κ3) is 1.58. The number of carbonyl (C=O) groups is 1. The van der Waals surface area contributed by atoms with Crippen molar-refractivity contribution in [3.05, 3.63) is 51.4 Å². The van der Waals surface area contributed by atoms with Crippen molar-refractivity contribution in [2.45, 2.75) is 13.8 Å². The quantitative estimate of drug-likeness (QED) is 0.775. The molecule has 0 saturated carbocycles. The lowest BCUT2D eigenvalue weighted by atomic mass is 10.2. The Morgan fingerprint density at radius 2 is 1.81 bits per heavy atom. The second kappa shape index (κ2) is 3.81. The molecule has 0 aliphatic carbocycles. The molecule has 4 heteroatoms. The number of nitrogens with zero attached hydrogens (tertiary/aromatic N) is 1. The molecule has 0 radical (unpaired) electrons. The van der Waals surface area contributed by atoms with Crippen LogP contribution in [0.3, 0.4) is 0 Å². The zero-order valence-electron chi connectivity index (χ0n) is 9.15. The number of hydrogen-bond acceptors (Lipinski definition) is 2. The molecule has 1 aromatic carbocycles. The first-order valence-electron chi connectivity index (χ1n) is 4.97. The minimum absolute atomic E-state index is 0.181. The molecule has 2 rings (SSSR count). The maximum absolute atomic E-state index is 11.8. The Morgan fingerprint density at radius 1 is 1.19 bits per heavy atom. The van der Waals surface area contributed by atoms with E-state index in [2.05, 4.69) is 5.10 Å². The van der Waals surface area contributed by atoms with E-state index in [-0.39, 0.29) is 11.1 Å². The number of H-pyrrole nitrogens is 1.